The summed E-state index contributed by atoms with van der Waals surface area (Å²) in [5, 5.41) is 9.93. The quantitative estimate of drug-likeness (QED) is 0.912. The molecule has 17 heavy (non-hydrogen) atoms. The lowest BCUT2D eigenvalue weighted by Gasteiger charge is -2.11. The van der Waals surface area contributed by atoms with Crippen LogP contribution in [0.3, 0.4) is 0 Å². The summed E-state index contributed by atoms with van der Waals surface area (Å²) >= 11 is 3.52. The fourth-order valence-electron chi connectivity index (χ4n) is 1.90. The number of carboxylic acid groups (broad SMARTS) is 1. The normalized spacial score (nSPS) is 12.9. The lowest BCUT2D eigenvalue weighted by molar-refractivity contribution is -0.138. The zero-order valence-corrected chi connectivity index (χ0v) is 10.9. The van der Waals surface area contributed by atoms with E-state index in [1.807, 2.05) is 35.8 Å². The number of nitrogens with zero attached hydrogens (tertiary/aromatic N) is 1. The van der Waals surface area contributed by atoms with Gasteiger partial charge in [-0.2, -0.15) is 0 Å². The maximum Gasteiger partial charge on any atom is 0.322 e. The zero-order valence-electron chi connectivity index (χ0n) is 9.35. The van der Waals surface area contributed by atoms with Crippen molar-refractivity contribution in [2.45, 2.75) is 19.5 Å². The van der Waals surface area contributed by atoms with E-state index in [2.05, 4.69) is 15.9 Å². The van der Waals surface area contributed by atoms with Crippen LogP contribution in [-0.2, 0) is 11.3 Å². The Morgan fingerprint density at radius 2 is 2.18 bits per heavy atom. The molecule has 0 aliphatic carbocycles. The molecule has 2 aromatic rings. The van der Waals surface area contributed by atoms with Gasteiger partial charge in [-0.1, -0.05) is 18.2 Å². The lowest BCUT2D eigenvalue weighted by atomic mass is 10.2. The smallest absolute Gasteiger partial charge is 0.322 e. The molecule has 1 heterocycles. The van der Waals surface area contributed by atoms with Crippen molar-refractivity contribution in [3.05, 3.63) is 34.4 Å². The van der Waals surface area contributed by atoms with Gasteiger partial charge in [-0.15, -0.1) is 0 Å². The molecule has 0 amide bonds. The minimum atomic E-state index is -0.988. The first-order chi connectivity index (χ1) is 8.02. The average molecular weight is 297 g/mol. The van der Waals surface area contributed by atoms with Crippen LogP contribution in [0, 0.1) is 6.92 Å². The van der Waals surface area contributed by atoms with Gasteiger partial charge in [0.1, 0.15) is 6.04 Å². The summed E-state index contributed by atoms with van der Waals surface area (Å²) in [6.45, 7) is 2.21. The molecule has 1 atom stereocenters. The second-order valence-electron chi connectivity index (χ2n) is 3.97. The van der Waals surface area contributed by atoms with E-state index in [1.54, 1.807) is 0 Å². The molecule has 0 aliphatic rings. The number of benzene rings is 1. The Balaban J connectivity index is 2.53. The van der Waals surface area contributed by atoms with Crippen molar-refractivity contribution in [2.75, 3.05) is 0 Å². The Morgan fingerprint density at radius 3 is 2.82 bits per heavy atom. The molecule has 0 spiro atoms. The van der Waals surface area contributed by atoms with E-state index < -0.39 is 12.0 Å². The predicted octanol–water partition coefficient (Wildman–Crippen LogP) is 2.12. The van der Waals surface area contributed by atoms with Gasteiger partial charge < -0.3 is 15.4 Å². The molecule has 0 aliphatic heterocycles. The largest absolute Gasteiger partial charge is 0.480 e. The van der Waals surface area contributed by atoms with Crippen LogP contribution in [-0.4, -0.2) is 21.7 Å². The SMILES string of the molecule is Cc1c(Br)c2ccccc2n1CC(N)C(=O)O. The van der Waals surface area contributed by atoms with Gasteiger partial charge in [0.25, 0.3) is 0 Å². The van der Waals surface area contributed by atoms with Crippen molar-refractivity contribution in [1.29, 1.82) is 0 Å². The Labute approximate surface area is 107 Å². The number of carboxylic acids is 1. The molecule has 0 radical (unpaired) electrons. The number of aromatic nitrogens is 1. The fraction of sp³-hybridized carbons (Fsp3) is 0.250. The Bertz CT molecular complexity index is 577. The summed E-state index contributed by atoms with van der Waals surface area (Å²) in [6.07, 6.45) is 0. The third-order valence-corrected chi connectivity index (χ3v) is 3.85. The van der Waals surface area contributed by atoms with Crippen molar-refractivity contribution in [1.82, 2.24) is 4.57 Å². The highest BCUT2D eigenvalue weighted by atomic mass is 79.9. The lowest BCUT2D eigenvalue weighted by Crippen LogP contribution is -2.34. The molecule has 5 heteroatoms. The van der Waals surface area contributed by atoms with Crippen molar-refractivity contribution in [3.63, 3.8) is 0 Å². The van der Waals surface area contributed by atoms with Crippen molar-refractivity contribution in [3.8, 4) is 0 Å². The molecular formula is C12H13BrN2O2. The van der Waals surface area contributed by atoms with Gasteiger partial charge in [0.15, 0.2) is 0 Å². The molecule has 1 aromatic carbocycles. The summed E-state index contributed by atoms with van der Waals surface area (Å²) in [4.78, 5) is 10.8. The number of carbonyl (C=O) groups is 1. The van der Waals surface area contributed by atoms with Gasteiger partial charge in [-0.05, 0) is 28.9 Å². The summed E-state index contributed by atoms with van der Waals surface area (Å²) in [5.74, 6) is -0.988. The van der Waals surface area contributed by atoms with Crippen LogP contribution in [0.4, 0.5) is 0 Å². The first kappa shape index (κ1) is 12.1. The third kappa shape index (κ3) is 2.08. The number of fused-ring (bicyclic) bond motifs is 1. The Kier molecular flexibility index (Phi) is 3.22. The summed E-state index contributed by atoms with van der Waals surface area (Å²) in [5.41, 5.74) is 7.56. The second kappa shape index (κ2) is 4.50. The van der Waals surface area contributed by atoms with Crippen molar-refractivity contribution < 1.29 is 9.90 Å². The number of rotatable bonds is 3. The van der Waals surface area contributed by atoms with Gasteiger partial charge in [0.05, 0.1) is 0 Å². The van der Waals surface area contributed by atoms with Gasteiger partial charge in [-0.3, -0.25) is 4.79 Å². The van der Waals surface area contributed by atoms with Crippen LogP contribution in [0.2, 0.25) is 0 Å². The first-order valence-corrected chi connectivity index (χ1v) is 6.03. The molecule has 0 fully saturated rings. The van der Waals surface area contributed by atoms with Crippen molar-refractivity contribution >= 4 is 32.8 Å². The number of para-hydroxylation sites is 1. The Morgan fingerprint density at radius 1 is 1.53 bits per heavy atom. The molecule has 0 saturated heterocycles. The predicted molar refractivity (Wildman–Crippen MR) is 70.0 cm³/mol. The van der Waals surface area contributed by atoms with Crippen LogP contribution in [0.5, 0.6) is 0 Å². The van der Waals surface area contributed by atoms with E-state index in [9.17, 15) is 4.79 Å². The molecular weight excluding hydrogens is 284 g/mol. The van der Waals surface area contributed by atoms with Crippen LogP contribution in [0.15, 0.2) is 28.7 Å². The highest BCUT2D eigenvalue weighted by Gasteiger charge is 2.17. The number of aliphatic carboxylic acids is 1. The fourth-order valence-corrected chi connectivity index (χ4v) is 2.45. The molecule has 2 rings (SSSR count). The number of hydrogen-bond acceptors (Lipinski definition) is 2. The van der Waals surface area contributed by atoms with Crippen LogP contribution in [0.25, 0.3) is 10.9 Å². The zero-order chi connectivity index (χ0) is 12.6. The van der Waals surface area contributed by atoms with E-state index in [0.29, 0.717) is 0 Å². The van der Waals surface area contributed by atoms with E-state index in [-0.39, 0.29) is 6.54 Å². The molecule has 90 valence electrons. The van der Waals surface area contributed by atoms with Crippen LogP contribution >= 0.6 is 15.9 Å². The summed E-state index contributed by atoms with van der Waals surface area (Å²) in [7, 11) is 0. The first-order valence-electron chi connectivity index (χ1n) is 5.24. The van der Waals surface area contributed by atoms with Gasteiger partial charge in [0.2, 0.25) is 0 Å². The summed E-state index contributed by atoms with van der Waals surface area (Å²) < 4.78 is 2.92. The molecule has 1 aromatic heterocycles. The number of halogens is 1. The Hall–Kier alpha value is -1.33. The second-order valence-corrected chi connectivity index (χ2v) is 4.76. The highest BCUT2D eigenvalue weighted by Crippen LogP contribution is 2.30. The molecule has 0 saturated carbocycles. The third-order valence-electron chi connectivity index (χ3n) is 2.85. The monoisotopic (exact) mass is 296 g/mol. The van der Waals surface area contributed by atoms with Gasteiger partial charge in [-0.25, -0.2) is 0 Å². The van der Waals surface area contributed by atoms with Gasteiger partial charge in [0, 0.05) is 27.6 Å². The van der Waals surface area contributed by atoms with E-state index in [0.717, 1.165) is 21.1 Å². The van der Waals surface area contributed by atoms with Crippen LogP contribution in [0.1, 0.15) is 5.69 Å². The van der Waals surface area contributed by atoms with E-state index in [1.165, 1.54) is 0 Å². The number of nitrogens with two attached hydrogens (primary N) is 1. The standard InChI is InChI=1S/C12H13BrN2O2/c1-7-11(13)8-4-2-3-5-10(8)15(7)6-9(14)12(16)17/h2-5,9H,6,14H2,1H3,(H,16,17). The molecule has 1 unspecified atom stereocenters. The molecule has 3 N–H and O–H groups in total. The minimum absolute atomic E-state index is 0.271. The average Bonchev–Trinajstić information content (AvgIpc) is 2.55. The van der Waals surface area contributed by atoms with E-state index >= 15 is 0 Å². The maximum absolute atomic E-state index is 10.8. The van der Waals surface area contributed by atoms with Crippen LogP contribution < -0.4 is 5.73 Å². The molecule has 0 bridgehead atoms. The van der Waals surface area contributed by atoms with E-state index in [4.69, 9.17) is 10.8 Å². The molecule has 4 nitrogen and oxygen atoms in total. The maximum atomic E-state index is 10.8. The minimum Gasteiger partial charge on any atom is -0.480 e. The van der Waals surface area contributed by atoms with Crippen molar-refractivity contribution in [2.24, 2.45) is 5.73 Å². The number of hydrogen-bond donors (Lipinski definition) is 2. The highest BCUT2D eigenvalue weighted by molar-refractivity contribution is 9.10. The van der Waals surface area contributed by atoms with Gasteiger partial charge >= 0.3 is 5.97 Å². The topological polar surface area (TPSA) is 68.2 Å². The summed E-state index contributed by atoms with van der Waals surface area (Å²) in [6, 6.07) is 6.94.